The van der Waals surface area contributed by atoms with Crippen molar-refractivity contribution in [2.75, 3.05) is 19.7 Å². The van der Waals surface area contributed by atoms with Gasteiger partial charge < -0.3 is 15.3 Å². The minimum Gasteiger partial charge on any atom is -0.395 e. The molecule has 0 bridgehead atoms. The zero-order chi connectivity index (χ0) is 19.9. The molecule has 2 amide bonds. The fourth-order valence-electron chi connectivity index (χ4n) is 4.52. The first-order valence-electron chi connectivity index (χ1n) is 9.51. The van der Waals surface area contributed by atoms with E-state index in [9.17, 15) is 14.7 Å². The van der Waals surface area contributed by atoms with Crippen molar-refractivity contribution in [3.8, 4) is 0 Å². The maximum Gasteiger partial charge on any atom is 0.317 e. The molecule has 148 valence electrons. The molecule has 2 N–H and O–H groups in total. The van der Waals surface area contributed by atoms with E-state index in [0.717, 1.165) is 24.8 Å². The highest BCUT2D eigenvalue weighted by molar-refractivity contribution is 5.74. The van der Waals surface area contributed by atoms with Crippen LogP contribution in [0.4, 0.5) is 4.79 Å². The van der Waals surface area contributed by atoms with Gasteiger partial charge in [0.2, 0.25) is 6.08 Å². The second-order valence-electron chi connectivity index (χ2n) is 8.74. The van der Waals surface area contributed by atoms with E-state index in [0.29, 0.717) is 13.1 Å². The van der Waals surface area contributed by atoms with Crippen molar-refractivity contribution in [3.63, 3.8) is 0 Å². The minimum atomic E-state index is -0.170. The van der Waals surface area contributed by atoms with Gasteiger partial charge in [-0.2, -0.15) is 0 Å². The Balaban J connectivity index is 2.07. The highest BCUT2D eigenvalue weighted by Gasteiger charge is 2.42. The lowest BCUT2D eigenvalue weighted by molar-refractivity contribution is 0.0767. The van der Waals surface area contributed by atoms with Gasteiger partial charge in [0.1, 0.15) is 0 Å². The predicted octanol–water partition coefficient (Wildman–Crippen LogP) is 3.11. The number of aliphatic hydroxyl groups excluding tert-OH is 1. The van der Waals surface area contributed by atoms with Crippen LogP contribution in [0.5, 0.6) is 0 Å². The first kappa shape index (κ1) is 21.1. The van der Waals surface area contributed by atoms with Crippen molar-refractivity contribution in [2.24, 2.45) is 15.8 Å². The lowest BCUT2D eigenvalue weighted by atomic mass is 9.62. The van der Waals surface area contributed by atoms with Crippen LogP contribution in [0.15, 0.2) is 35.3 Å². The van der Waals surface area contributed by atoms with Gasteiger partial charge in [-0.3, -0.25) is 0 Å². The van der Waals surface area contributed by atoms with Gasteiger partial charge in [-0.05, 0) is 35.7 Å². The number of hydrogen-bond donors (Lipinski definition) is 2. The molecule has 1 aliphatic carbocycles. The van der Waals surface area contributed by atoms with E-state index in [2.05, 4.69) is 31.1 Å². The van der Waals surface area contributed by atoms with Gasteiger partial charge in [-0.1, -0.05) is 51.1 Å². The van der Waals surface area contributed by atoms with Gasteiger partial charge >= 0.3 is 6.03 Å². The third kappa shape index (κ3) is 6.49. The molecule has 2 unspecified atom stereocenters. The number of rotatable bonds is 7. The Bertz CT molecular complexity index is 671. The molecule has 1 saturated carbocycles. The molecule has 0 saturated heterocycles. The van der Waals surface area contributed by atoms with Gasteiger partial charge in [0.15, 0.2) is 0 Å². The van der Waals surface area contributed by atoms with Crippen LogP contribution in [0, 0.1) is 10.8 Å². The van der Waals surface area contributed by atoms with Crippen molar-refractivity contribution in [2.45, 2.75) is 52.6 Å². The highest BCUT2D eigenvalue weighted by atomic mass is 16.3. The summed E-state index contributed by atoms with van der Waals surface area (Å²) in [4.78, 5) is 28.9. The zero-order valence-electron chi connectivity index (χ0n) is 16.6. The molecule has 2 rings (SSSR count). The van der Waals surface area contributed by atoms with Crippen LogP contribution in [0.1, 0.15) is 45.6 Å². The number of hydrogen-bond acceptors (Lipinski definition) is 4. The van der Waals surface area contributed by atoms with E-state index in [1.807, 2.05) is 30.3 Å². The number of amides is 2. The Kier molecular flexibility index (Phi) is 7.17. The third-order valence-electron chi connectivity index (χ3n) is 5.17. The molecule has 6 nitrogen and oxygen atoms in total. The summed E-state index contributed by atoms with van der Waals surface area (Å²) < 4.78 is 0. The standard InChI is InChI=1S/C21H31N3O3/c1-20(2)11-18(12-21(3,14-20)15-22-16-26)23-19(27)24(9-10-25)13-17-7-5-4-6-8-17/h4-8,18,25H,9-15H2,1-3H3,(H,23,27). The Labute approximate surface area is 161 Å². The van der Waals surface area contributed by atoms with Crippen LogP contribution in [0.3, 0.4) is 0 Å². The summed E-state index contributed by atoms with van der Waals surface area (Å²) in [7, 11) is 0. The van der Waals surface area contributed by atoms with E-state index >= 15 is 0 Å². The van der Waals surface area contributed by atoms with Crippen molar-refractivity contribution in [1.29, 1.82) is 0 Å². The monoisotopic (exact) mass is 373 g/mol. The number of isocyanates is 1. The smallest absolute Gasteiger partial charge is 0.317 e. The zero-order valence-corrected chi connectivity index (χ0v) is 16.6. The van der Waals surface area contributed by atoms with Gasteiger partial charge in [-0.25, -0.2) is 14.6 Å². The van der Waals surface area contributed by atoms with Crippen molar-refractivity contribution >= 4 is 12.1 Å². The van der Waals surface area contributed by atoms with Crippen LogP contribution < -0.4 is 5.32 Å². The number of nitrogens with zero attached hydrogens (tertiary/aromatic N) is 2. The highest BCUT2D eigenvalue weighted by Crippen LogP contribution is 2.46. The average molecular weight is 373 g/mol. The number of carbonyl (C=O) groups is 1. The fraction of sp³-hybridized carbons (Fsp3) is 0.619. The second-order valence-corrected chi connectivity index (χ2v) is 8.74. The molecule has 0 heterocycles. The molecule has 2 atom stereocenters. The van der Waals surface area contributed by atoms with Gasteiger partial charge in [0.05, 0.1) is 13.2 Å². The summed E-state index contributed by atoms with van der Waals surface area (Å²) in [6.45, 7) is 7.56. The van der Waals surface area contributed by atoms with Crippen molar-refractivity contribution in [1.82, 2.24) is 10.2 Å². The summed E-state index contributed by atoms with van der Waals surface area (Å²) in [5, 5.41) is 12.5. The Morgan fingerprint density at radius 1 is 1.30 bits per heavy atom. The molecule has 1 aliphatic rings. The summed E-state index contributed by atoms with van der Waals surface area (Å²) in [6.07, 6.45) is 4.23. The number of urea groups is 1. The minimum absolute atomic E-state index is 0.00469. The number of aliphatic hydroxyl groups is 1. The molecule has 1 aromatic carbocycles. The van der Waals surface area contributed by atoms with Gasteiger partial charge in [0.25, 0.3) is 0 Å². The van der Waals surface area contributed by atoms with Crippen LogP contribution in [-0.4, -0.2) is 47.9 Å². The summed E-state index contributed by atoms with van der Waals surface area (Å²) in [6, 6.07) is 9.58. The van der Waals surface area contributed by atoms with E-state index in [4.69, 9.17) is 0 Å². The second kappa shape index (κ2) is 9.16. The molecule has 1 aromatic rings. The number of carbonyl (C=O) groups excluding carboxylic acids is 2. The fourth-order valence-corrected chi connectivity index (χ4v) is 4.52. The quantitative estimate of drug-likeness (QED) is 0.569. The number of aliphatic imine (C=N–C) groups is 1. The number of benzene rings is 1. The molecular formula is C21H31N3O3. The molecular weight excluding hydrogens is 342 g/mol. The Morgan fingerprint density at radius 3 is 2.63 bits per heavy atom. The largest absolute Gasteiger partial charge is 0.395 e. The average Bonchev–Trinajstić information content (AvgIpc) is 2.59. The third-order valence-corrected chi connectivity index (χ3v) is 5.17. The van der Waals surface area contributed by atoms with Crippen LogP contribution >= 0.6 is 0 Å². The van der Waals surface area contributed by atoms with E-state index in [1.54, 1.807) is 11.0 Å². The van der Waals surface area contributed by atoms with Crippen LogP contribution in [-0.2, 0) is 11.3 Å². The molecule has 0 aromatic heterocycles. The Hall–Kier alpha value is -2.17. The first-order valence-corrected chi connectivity index (χ1v) is 9.51. The SMILES string of the molecule is CC1(C)CC(NC(=O)N(CCO)Cc2ccccc2)CC(C)(CN=C=O)C1. The van der Waals surface area contributed by atoms with Crippen molar-refractivity contribution in [3.05, 3.63) is 35.9 Å². The summed E-state index contributed by atoms with van der Waals surface area (Å²) in [5.41, 5.74) is 0.929. The first-order chi connectivity index (χ1) is 12.8. The van der Waals surface area contributed by atoms with E-state index in [1.165, 1.54) is 0 Å². The summed E-state index contributed by atoms with van der Waals surface area (Å²) in [5.74, 6) is 0. The van der Waals surface area contributed by atoms with Crippen LogP contribution in [0.2, 0.25) is 0 Å². The summed E-state index contributed by atoms with van der Waals surface area (Å²) >= 11 is 0. The van der Waals surface area contributed by atoms with Crippen LogP contribution in [0.25, 0.3) is 0 Å². The predicted molar refractivity (Wildman–Crippen MR) is 105 cm³/mol. The topological polar surface area (TPSA) is 82.0 Å². The lowest BCUT2D eigenvalue weighted by Gasteiger charge is -2.46. The Morgan fingerprint density at radius 2 is 2.00 bits per heavy atom. The normalized spacial score (nSPS) is 23.9. The van der Waals surface area contributed by atoms with E-state index in [-0.39, 0.29) is 36.1 Å². The lowest BCUT2D eigenvalue weighted by Crippen LogP contribution is -2.51. The van der Waals surface area contributed by atoms with Crippen molar-refractivity contribution < 1.29 is 14.7 Å². The van der Waals surface area contributed by atoms with E-state index < -0.39 is 0 Å². The number of nitrogens with one attached hydrogen (secondary N) is 1. The van der Waals surface area contributed by atoms with Gasteiger partial charge in [0, 0.05) is 19.1 Å². The molecule has 6 heteroatoms. The maximum absolute atomic E-state index is 12.9. The molecule has 1 fully saturated rings. The molecule has 0 radical (unpaired) electrons. The molecule has 27 heavy (non-hydrogen) atoms. The maximum atomic E-state index is 12.9. The molecule has 0 spiro atoms. The van der Waals surface area contributed by atoms with Gasteiger partial charge in [-0.15, -0.1) is 0 Å². The molecule has 0 aliphatic heterocycles.